The number of hydrogen-bond acceptors (Lipinski definition) is 3. The molecule has 0 aromatic heterocycles. The van der Waals surface area contributed by atoms with Crippen molar-refractivity contribution in [2.45, 2.75) is 13.8 Å². The van der Waals surface area contributed by atoms with Crippen LogP contribution in [0.15, 0.2) is 12.1 Å². The van der Waals surface area contributed by atoms with Gasteiger partial charge in [0, 0.05) is 6.54 Å². The van der Waals surface area contributed by atoms with E-state index in [1.807, 2.05) is 27.0 Å². The van der Waals surface area contributed by atoms with E-state index in [1.54, 1.807) is 6.07 Å². The molecule has 0 radical (unpaired) electrons. The Morgan fingerprint density at radius 1 is 1.40 bits per heavy atom. The zero-order chi connectivity index (χ0) is 11.3. The van der Waals surface area contributed by atoms with Crippen LogP contribution in [-0.2, 0) is 0 Å². The maximum atomic E-state index is 10.8. The summed E-state index contributed by atoms with van der Waals surface area (Å²) in [6.07, 6.45) is 0.834. The molecule has 0 spiro atoms. The quantitative estimate of drug-likeness (QED) is 0.590. The number of carbonyl (C=O) groups is 1. The molecule has 0 saturated carbocycles. The first-order chi connectivity index (χ1) is 7.20. The summed E-state index contributed by atoms with van der Waals surface area (Å²) in [6.45, 7) is 5.32. The number of aryl methyl sites for hydroxylation is 1. The number of ether oxygens (including phenoxy) is 1. The van der Waals surface area contributed by atoms with Crippen molar-refractivity contribution in [3.8, 4) is 5.75 Å². The van der Waals surface area contributed by atoms with Gasteiger partial charge in [-0.3, -0.25) is 4.79 Å². The molecule has 0 aliphatic heterocycles. The van der Waals surface area contributed by atoms with E-state index in [4.69, 9.17) is 4.74 Å². The predicted molar refractivity (Wildman–Crippen MR) is 60.7 cm³/mol. The summed E-state index contributed by atoms with van der Waals surface area (Å²) in [5.41, 5.74) is 2.80. The van der Waals surface area contributed by atoms with E-state index in [1.165, 1.54) is 0 Å². The van der Waals surface area contributed by atoms with Gasteiger partial charge in [0.25, 0.3) is 0 Å². The summed E-state index contributed by atoms with van der Waals surface area (Å²) >= 11 is 0. The fourth-order valence-corrected chi connectivity index (χ4v) is 1.35. The number of aldehydes is 1. The third-order valence-electron chi connectivity index (χ3n) is 2.43. The molecule has 15 heavy (non-hydrogen) atoms. The second-order valence-electron chi connectivity index (χ2n) is 3.50. The smallest absolute Gasteiger partial charge is 0.153 e. The van der Waals surface area contributed by atoms with E-state index >= 15 is 0 Å². The number of carbonyl (C=O) groups excluding carboxylic acids is 1. The molecule has 0 fully saturated rings. The van der Waals surface area contributed by atoms with Gasteiger partial charge in [-0.15, -0.1) is 0 Å². The van der Waals surface area contributed by atoms with Crippen molar-refractivity contribution in [1.82, 2.24) is 5.32 Å². The van der Waals surface area contributed by atoms with E-state index < -0.39 is 0 Å². The molecular formula is C12H17NO2. The lowest BCUT2D eigenvalue weighted by Crippen LogP contribution is -2.17. The molecule has 0 unspecified atom stereocenters. The molecular weight excluding hydrogens is 190 g/mol. The minimum absolute atomic E-state index is 0.571. The Hall–Kier alpha value is -1.35. The summed E-state index contributed by atoms with van der Waals surface area (Å²) < 4.78 is 5.59. The van der Waals surface area contributed by atoms with Gasteiger partial charge in [-0.1, -0.05) is 6.07 Å². The molecule has 3 nitrogen and oxygen atoms in total. The summed E-state index contributed by atoms with van der Waals surface area (Å²) in [6, 6.07) is 3.73. The molecule has 1 aromatic carbocycles. The van der Waals surface area contributed by atoms with Gasteiger partial charge in [-0.2, -0.15) is 0 Å². The van der Waals surface area contributed by atoms with Gasteiger partial charge in [0.2, 0.25) is 0 Å². The Kier molecular flexibility index (Phi) is 4.31. The second-order valence-corrected chi connectivity index (χ2v) is 3.50. The summed E-state index contributed by atoms with van der Waals surface area (Å²) in [5, 5.41) is 3.00. The molecule has 1 aromatic rings. The summed E-state index contributed by atoms with van der Waals surface area (Å²) in [4.78, 5) is 10.8. The lowest BCUT2D eigenvalue weighted by molar-refractivity contribution is 0.111. The van der Waals surface area contributed by atoms with E-state index in [2.05, 4.69) is 5.32 Å². The normalized spacial score (nSPS) is 10.1. The van der Waals surface area contributed by atoms with Crippen LogP contribution in [0.1, 0.15) is 21.5 Å². The fraction of sp³-hybridized carbons (Fsp3) is 0.417. The first kappa shape index (κ1) is 11.7. The molecule has 0 aliphatic carbocycles. The van der Waals surface area contributed by atoms with Crippen LogP contribution in [0.3, 0.4) is 0 Å². The highest BCUT2D eigenvalue weighted by Crippen LogP contribution is 2.24. The Bertz CT molecular complexity index is 348. The largest absolute Gasteiger partial charge is 0.491 e. The van der Waals surface area contributed by atoms with E-state index in [9.17, 15) is 4.79 Å². The van der Waals surface area contributed by atoms with Gasteiger partial charge in [-0.25, -0.2) is 0 Å². The van der Waals surface area contributed by atoms with Crippen LogP contribution >= 0.6 is 0 Å². The standard InChI is InChI=1S/C12H17NO2/c1-9-4-5-11(8-14)12(10(9)2)15-7-6-13-3/h4-5,8,13H,6-7H2,1-3H3. The lowest BCUT2D eigenvalue weighted by atomic mass is 10.1. The van der Waals surface area contributed by atoms with E-state index in [0.29, 0.717) is 17.9 Å². The Morgan fingerprint density at radius 2 is 2.13 bits per heavy atom. The highest BCUT2D eigenvalue weighted by molar-refractivity contribution is 5.80. The molecule has 1 rings (SSSR count). The first-order valence-electron chi connectivity index (χ1n) is 5.03. The van der Waals surface area contributed by atoms with Gasteiger partial charge >= 0.3 is 0 Å². The molecule has 0 atom stereocenters. The van der Waals surface area contributed by atoms with Crippen LogP contribution in [0.4, 0.5) is 0 Å². The van der Waals surface area contributed by atoms with Crippen molar-refractivity contribution >= 4 is 6.29 Å². The second kappa shape index (κ2) is 5.51. The van der Waals surface area contributed by atoms with Gasteiger partial charge in [-0.05, 0) is 38.1 Å². The van der Waals surface area contributed by atoms with Gasteiger partial charge in [0.15, 0.2) is 6.29 Å². The number of benzene rings is 1. The molecule has 0 aliphatic rings. The molecule has 1 N–H and O–H groups in total. The number of nitrogens with one attached hydrogen (secondary N) is 1. The van der Waals surface area contributed by atoms with Crippen LogP contribution in [-0.4, -0.2) is 26.5 Å². The number of rotatable bonds is 5. The first-order valence-corrected chi connectivity index (χ1v) is 5.03. The topological polar surface area (TPSA) is 38.3 Å². The van der Waals surface area contributed by atoms with Crippen molar-refractivity contribution < 1.29 is 9.53 Å². The third-order valence-corrected chi connectivity index (χ3v) is 2.43. The van der Waals surface area contributed by atoms with Gasteiger partial charge in [0.05, 0.1) is 5.56 Å². The van der Waals surface area contributed by atoms with Crippen LogP contribution in [0.2, 0.25) is 0 Å². The van der Waals surface area contributed by atoms with Crippen molar-refractivity contribution in [3.05, 3.63) is 28.8 Å². The maximum Gasteiger partial charge on any atom is 0.153 e. The van der Waals surface area contributed by atoms with Crippen molar-refractivity contribution in [2.24, 2.45) is 0 Å². The minimum Gasteiger partial charge on any atom is -0.491 e. The molecule has 0 saturated heterocycles. The van der Waals surface area contributed by atoms with Crippen molar-refractivity contribution in [2.75, 3.05) is 20.2 Å². The number of likely N-dealkylation sites (N-methyl/N-ethyl adjacent to an activating group) is 1. The Balaban J connectivity index is 2.91. The van der Waals surface area contributed by atoms with Crippen molar-refractivity contribution in [1.29, 1.82) is 0 Å². The lowest BCUT2D eigenvalue weighted by Gasteiger charge is -2.12. The van der Waals surface area contributed by atoms with Crippen LogP contribution in [0.25, 0.3) is 0 Å². The van der Waals surface area contributed by atoms with Gasteiger partial charge in [0.1, 0.15) is 12.4 Å². The maximum absolute atomic E-state index is 10.8. The molecule has 3 heteroatoms. The zero-order valence-electron chi connectivity index (χ0n) is 9.46. The van der Waals surface area contributed by atoms with Crippen LogP contribution in [0.5, 0.6) is 5.75 Å². The Morgan fingerprint density at radius 3 is 2.73 bits per heavy atom. The van der Waals surface area contributed by atoms with Crippen molar-refractivity contribution in [3.63, 3.8) is 0 Å². The van der Waals surface area contributed by atoms with Crippen LogP contribution < -0.4 is 10.1 Å². The fourth-order valence-electron chi connectivity index (χ4n) is 1.35. The average molecular weight is 207 g/mol. The molecule has 0 amide bonds. The zero-order valence-corrected chi connectivity index (χ0v) is 9.46. The SMILES string of the molecule is CNCCOc1c(C=O)ccc(C)c1C. The van der Waals surface area contributed by atoms with E-state index in [0.717, 1.165) is 24.0 Å². The Labute approximate surface area is 90.4 Å². The third kappa shape index (κ3) is 2.80. The summed E-state index contributed by atoms with van der Waals surface area (Å²) in [7, 11) is 1.87. The molecule has 0 heterocycles. The van der Waals surface area contributed by atoms with E-state index in [-0.39, 0.29) is 0 Å². The highest BCUT2D eigenvalue weighted by atomic mass is 16.5. The predicted octanol–water partition coefficient (Wildman–Crippen LogP) is 1.71. The van der Waals surface area contributed by atoms with Crippen LogP contribution in [0, 0.1) is 13.8 Å². The highest BCUT2D eigenvalue weighted by Gasteiger charge is 2.08. The summed E-state index contributed by atoms with van der Waals surface area (Å²) in [5.74, 6) is 0.709. The molecule has 82 valence electrons. The van der Waals surface area contributed by atoms with Gasteiger partial charge < -0.3 is 10.1 Å². The molecule has 0 bridgehead atoms. The minimum atomic E-state index is 0.571. The average Bonchev–Trinajstić information content (AvgIpc) is 2.25. The number of hydrogen-bond donors (Lipinski definition) is 1. The monoisotopic (exact) mass is 207 g/mol.